The quantitative estimate of drug-likeness (QED) is 0.859. The molecular weight excluding hydrogens is 362 g/mol. The molecule has 27 heavy (non-hydrogen) atoms. The van der Waals surface area contributed by atoms with E-state index in [9.17, 15) is 13.2 Å². The van der Waals surface area contributed by atoms with E-state index in [2.05, 4.69) is 4.90 Å². The Morgan fingerprint density at radius 1 is 0.926 bits per heavy atom. The number of primary amides is 1. The first kappa shape index (κ1) is 18.2. The van der Waals surface area contributed by atoms with E-state index in [1.54, 1.807) is 34.6 Å². The molecule has 7 heteroatoms. The number of carbonyl (C=O) groups is 1. The summed E-state index contributed by atoms with van der Waals surface area (Å²) in [7, 11) is -3.55. The van der Waals surface area contributed by atoms with E-state index in [1.165, 1.54) is 0 Å². The zero-order chi connectivity index (χ0) is 19.0. The molecule has 2 aliphatic rings. The van der Waals surface area contributed by atoms with Crippen molar-refractivity contribution >= 4 is 15.9 Å². The van der Waals surface area contributed by atoms with E-state index in [4.69, 9.17) is 5.73 Å². The number of rotatable bonds is 4. The number of sulfonamides is 1. The average Bonchev–Trinajstić information content (AvgIpc) is 3.08. The van der Waals surface area contributed by atoms with Gasteiger partial charge in [-0.15, -0.1) is 0 Å². The van der Waals surface area contributed by atoms with Gasteiger partial charge in [0.1, 0.15) is 0 Å². The summed E-state index contributed by atoms with van der Waals surface area (Å²) >= 11 is 0. The van der Waals surface area contributed by atoms with Crippen LogP contribution >= 0.6 is 0 Å². The van der Waals surface area contributed by atoms with E-state index in [1.807, 2.05) is 30.3 Å². The van der Waals surface area contributed by atoms with Crippen LogP contribution in [0.5, 0.6) is 0 Å². The summed E-state index contributed by atoms with van der Waals surface area (Å²) in [6, 6.07) is 18.3. The van der Waals surface area contributed by atoms with Gasteiger partial charge in [-0.2, -0.15) is 4.31 Å². The SMILES string of the molecule is NC(=O)[C@@H]1CN2CCN(S(=O)(=O)c3ccccc3)C[C@@H]2[C@H]1c1ccccc1. The molecule has 6 nitrogen and oxygen atoms in total. The van der Waals surface area contributed by atoms with Gasteiger partial charge in [-0.05, 0) is 17.7 Å². The van der Waals surface area contributed by atoms with Gasteiger partial charge in [0.25, 0.3) is 0 Å². The second-order valence-corrected chi connectivity index (χ2v) is 9.12. The fraction of sp³-hybridized carbons (Fsp3) is 0.350. The fourth-order valence-electron chi connectivity index (χ4n) is 4.38. The molecule has 0 bridgehead atoms. The number of carbonyl (C=O) groups excluding carboxylic acids is 1. The van der Waals surface area contributed by atoms with Crippen LogP contribution in [0.2, 0.25) is 0 Å². The molecule has 2 fully saturated rings. The summed E-state index contributed by atoms with van der Waals surface area (Å²) in [4.78, 5) is 14.6. The normalized spacial score (nSPS) is 26.6. The minimum Gasteiger partial charge on any atom is -0.369 e. The number of fused-ring (bicyclic) bond motifs is 1. The third-order valence-corrected chi connectivity index (χ3v) is 7.59. The van der Waals surface area contributed by atoms with E-state index >= 15 is 0 Å². The topological polar surface area (TPSA) is 83.7 Å². The van der Waals surface area contributed by atoms with Crippen LogP contribution in [0.3, 0.4) is 0 Å². The maximum absolute atomic E-state index is 13.1. The highest BCUT2D eigenvalue weighted by molar-refractivity contribution is 7.89. The Balaban J connectivity index is 1.66. The standard InChI is InChI=1S/C20H23N3O3S/c21-20(24)17-13-22-11-12-23(27(25,26)16-9-5-2-6-10-16)14-18(22)19(17)15-7-3-1-4-8-15/h1-10,17-19H,11-14H2,(H2,21,24)/t17-,18-,19+/m1/s1. The van der Waals surface area contributed by atoms with Crippen molar-refractivity contribution in [1.29, 1.82) is 0 Å². The molecule has 1 amide bonds. The molecule has 142 valence electrons. The smallest absolute Gasteiger partial charge is 0.243 e. The molecule has 0 unspecified atom stereocenters. The van der Waals surface area contributed by atoms with E-state index in [0.29, 0.717) is 31.1 Å². The Labute approximate surface area is 159 Å². The molecule has 2 heterocycles. The third kappa shape index (κ3) is 3.26. The van der Waals surface area contributed by atoms with E-state index in [-0.39, 0.29) is 23.8 Å². The van der Waals surface area contributed by atoms with Crippen LogP contribution in [0.4, 0.5) is 0 Å². The summed E-state index contributed by atoms with van der Waals surface area (Å²) in [6.45, 7) is 1.96. The van der Waals surface area contributed by atoms with E-state index in [0.717, 1.165) is 5.56 Å². The Morgan fingerprint density at radius 3 is 2.19 bits per heavy atom. The van der Waals surface area contributed by atoms with Crippen LogP contribution in [0.1, 0.15) is 11.5 Å². The second kappa shape index (κ2) is 7.07. The molecule has 0 aromatic heterocycles. The summed E-state index contributed by atoms with van der Waals surface area (Å²) in [6.07, 6.45) is 0. The van der Waals surface area contributed by atoms with Gasteiger partial charge in [0.05, 0.1) is 10.8 Å². The van der Waals surface area contributed by atoms with Crippen molar-refractivity contribution in [3.05, 3.63) is 66.2 Å². The van der Waals surface area contributed by atoms with Gasteiger partial charge >= 0.3 is 0 Å². The Kier molecular flexibility index (Phi) is 4.75. The number of piperazine rings is 1. The highest BCUT2D eigenvalue weighted by Gasteiger charge is 2.48. The number of amides is 1. The molecule has 2 saturated heterocycles. The van der Waals surface area contributed by atoms with Crippen molar-refractivity contribution in [2.24, 2.45) is 11.7 Å². The van der Waals surface area contributed by atoms with Crippen LogP contribution in [0.15, 0.2) is 65.6 Å². The number of hydrogen-bond donors (Lipinski definition) is 1. The van der Waals surface area contributed by atoms with Crippen molar-refractivity contribution in [3.63, 3.8) is 0 Å². The minimum atomic E-state index is -3.55. The first-order valence-electron chi connectivity index (χ1n) is 9.12. The average molecular weight is 385 g/mol. The predicted octanol–water partition coefficient (Wildman–Crippen LogP) is 1.26. The maximum Gasteiger partial charge on any atom is 0.243 e. The zero-order valence-electron chi connectivity index (χ0n) is 14.9. The van der Waals surface area contributed by atoms with Gasteiger partial charge < -0.3 is 5.73 Å². The Hall–Kier alpha value is -2.22. The van der Waals surface area contributed by atoms with Crippen molar-refractivity contribution in [2.45, 2.75) is 16.9 Å². The van der Waals surface area contributed by atoms with Crippen LogP contribution in [0, 0.1) is 5.92 Å². The minimum absolute atomic E-state index is 0.0582. The van der Waals surface area contributed by atoms with Gasteiger partial charge in [-0.3, -0.25) is 9.69 Å². The van der Waals surface area contributed by atoms with Crippen LogP contribution < -0.4 is 5.73 Å². The fourth-order valence-corrected chi connectivity index (χ4v) is 5.85. The Bertz CT molecular complexity index is 918. The molecule has 2 aliphatic heterocycles. The van der Waals surface area contributed by atoms with Crippen molar-refractivity contribution in [2.75, 3.05) is 26.2 Å². The molecule has 2 aromatic rings. The molecule has 2 N–H and O–H groups in total. The van der Waals surface area contributed by atoms with Crippen LogP contribution in [-0.2, 0) is 14.8 Å². The lowest BCUT2D eigenvalue weighted by Gasteiger charge is -2.38. The molecular formula is C20H23N3O3S. The number of benzene rings is 2. The highest BCUT2D eigenvalue weighted by Crippen LogP contribution is 2.40. The second-order valence-electron chi connectivity index (χ2n) is 7.18. The number of nitrogens with two attached hydrogens (primary N) is 1. The zero-order valence-corrected chi connectivity index (χ0v) is 15.8. The lowest BCUT2D eigenvalue weighted by molar-refractivity contribution is -0.121. The maximum atomic E-state index is 13.1. The largest absolute Gasteiger partial charge is 0.369 e. The van der Waals surface area contributed by atoms with Gasteiger partial charge in [0, 0.05) is 38.1 Å². The lowest BCUT2D eigenvalue weighted by atomic mass is 9.83. The molecule has 0 spiro atoms. The van der Waals surface area contributed by atoms with Gasteiger partial charge in [-0.25, -0.2) is 8.42 Å². The van der Waals surface area contributed by atoms with Gasteiger partial charge in [-0.1, -0.05) is 48.5 Å². The molecule has 2 aromatic carbocycles. The molecule has 0 radical (unpaired) electrons. The third-order valence-electron chi connectivity index (χ3n) is 5.71. The molecule has 3 atom stereocenters. The molecule has 4 rings (SSSR count). The lowest BCUT2D eigenvalue weighted by Crippen LogP contribution is -2.53. The first-order valence-corrected chi connectivity index (χ1v) is 10.6. The summed E-state index contributed by atoms with van der Waals surface area (Å²) in [5.41, 5.74) is 6.73. The van der Waals surface area contributed by atoms with Gasteiger partial charge in [0.2, 0.25) is 15.9 Å². The van der Waals surface area contributed by atoms with Crippen LogP contribution in [0.25, 0.3) is 0 Å². The van der Waals surface area contributed by atoms with Crippen molar-refractivity contribution in [1.82, 2.24) is 9.21 Å². The predicted molar refractivity (Wildman–Crippen MR) is 102 cm³/mol. The summed E-state index contributed by atoms with van der Waals surface area (Å²) < 4.78 is 27.6. The highest BCUT2D eigenvalue weighted by atomic mass is 32.2. The van der Waals surface area contributed by atoms with Crippen molar-refractivity contribution < 1.29 is 13.2 Å². The Morgan fingerprint density at radius 2 is 1.56 bits per heavy atom. The first-order chi connectivity index (χ1) is 13.0. The monoisotopic (exact) mass is 385 g/mol. The molecule has 0 aliphatic carbocycles. The van der Waals surface area contributed by atoms with Crippen LogP contribution in [-0.4, -0.2) is 55.8 Å². The molecule has 0 saturated carbocycles. The van der Waals surface area contributed by atoms with Gasteiger partial charge in [0.15, 0.2) is 0 Å². The van der Waals surface area contributed by atoms with Crippen molar-refractivity contribution in [3.8, 4) is 0 Å². The van der Waals surface area contributed by atoms with E-state index < -0.39 is 10.0 Å². The summed E-state index contributed by atoms with van der Waals surface area (Å²) in [5.74, 6) is -0.732. The number of hydrogen-bond acceptors (Lipinski definition) is 4. The number of nitrogens with zero attached hydrogens (tertiary/aromatic N) is 2. The summed E-state index contributed by atoms with van der Waals surface area (Å²) in [5, 5.41) is 0.